The summed E-state index contributed by atoms with van der Waals surface area (Å²) in [5.74, 6) is 0. The number of aromatic amines is 1. The van der Waals surface area contributed by atoms with Crippen LogP contribution in [0, 0.1) is 0 Å². The number of rotatable bonds is 1. The van der Waals surface area contributed by atoms with Gasteiger partial charge < -0.3 is 15.5 Å². The Morgan fingerprint density at radius 1 is 1.22 bits per heavy atom. The molecule has 3 rings (SSSR count). The molecule has 5 nitrogen and oxygen atoms in total. The fourth-order valence-electron chi connectivity index (χ4n) is 2.56. The van der Waals surface area contributed by atoms with E-state index in [1.165, 1.54) is 6.42 Å². The number of aromatic nitrogens is 2. The average molecular weight is 245 g/mol. The lowest BCUT2D eigenvalue weighted by molar-refractivity contribution is 0.360. The molecule has 0 spiro atoms. The van der Waals surface area contributed by atoms with E-state index in [1.807, 2.05) is 12.3 Å². The number of benzene rings is 1. The number of hydrogen-bond acceptors (Lipinski definition) is 4. The van der Waals surface area contributed by atoms with Gasteiger partial charge in [-0.2, -0.15) is 5.10 Å². The first-order valence-electron chi connectivity index (χ1n) is 6.40. The maximum absolute atomic E-state index is 6.17. The highest BCUT2D eigenvalue weighted by atomic mass is 15.2. The Morgan fingerprint density at radius 3 is 3.00 bits per heavy atom. The maximum Gasteiger partial charge on any atom is 0.0672 e. The Bertz CT molecular complexity index is 547. The molecule has 0 unspecified atom stereocenters. The first-order valence-corrected chi connectivity index (χ1v) is 6.40. The molecule has 0 saturated carbocycles. The third-order valence-corrected chi connectivity index (χ3v) is 3.65. The molecule has 0 aliphatic carbocycles. The summed E-state index contributed by atoms with van der Waals surface area (Å²) in [6.07, 6.45) is 2.99. The lowest BCUT2D eigenvalue weighted by atomic mass is 10.2. The van der Waals surface area contributed by atoms with Crippen LogP contribution in [0.4, 0.5) is 11.4 Å². The summed E-state index contributed by atoms with van der Waals surface area (Å²) in [6, 6.07) is 4.12. The van der Waals surface area contributed by atoms with Crippen molar-refractivity contribution in [1.29, 1.82) is 0 Å². The summed E-state index contributed by atoms with van der Waals surface area (Å²) in [4.78, 5) is 4.74. The molecule has 0 bridgehead atoms. The SMILES string of the molecule is CN1CCCN(c2cc3[nH]ncc3cc2N)CC1. The van der Waals surface area contributed by atoms with E-state index < -0.39 is 0 Å². The molecule has 1 saturated heterocycles. The summed E-state index contributed by atoms with van der Waals surface area (Å²) >= 11 is 0. The number of H-pyrrole nitrogens is 1. The molecule has 1 aromatic heterocycles. The summed E-state index contributed by atoms with van der Waals surface area (Å²) in [6.45, 7) is 4.33. The van der Waals surface area contributed by atoms with Gasteiger partial charge in [0, 0.05) is 25.0 Å². The summed E-state index contributed by atoms with van der Waals surface area (Å²) in [7, 11) is 2.17. The van der Waals surface area contributed by atoms with Gasteiger partial charge in [-0.1, -0.05) is 0 Å². The third kappa shape index (κ3) is 2.01. The number of likely N-dealkylation sites (N-methyl/N-ethyl adjacent to an activating group) is 1. The predicted molar refractivity (Wildman–Crippen MR) is 74.8 cm³/mol. The number of nitrogen functional groups attached to an aromatic ring is 1. The van der Waals surface area contributed by atoms with Crippen molar-refractivity contribution in [1.82, 2.24) is 15.1 Å². The average Bonchev–Trinajstić information content (AvgIpc) is 2.69. The molecule has 0 atom stereocenters. The zero-order chi connectivity index (χ0) is 12.5. The highest BCUT2D eigenvalue weighted by Crippen LogP contribution is 2.28. The molecule has 1 fully saturated rings. The smallest absolute Gasteiger partial charge is 0.0672 e. The van der Waals surface area contributed by atoms with Crippen LogP contribution in [-0.2, 0) is 0 Å². The number of hydrogen-bond donors (Lipinski definition) is 2. The Labute approximate surface area is 107 Å². The van der Waals surface area contributed by atoms with Gasteiger partial charge in [0.2, 0.25) is 0 Å². The van der Waals surface area contributed by atoms with Gasteiger partial charge in [-0.25, -0.2) is 0 Å². The summed E-state index contributed by atoms with van der Waals surface area (Å²) in [5.41, 5.74) is 9.19. The Kier molecular flexibility index (Phi) is 2.83. The lowest BCUT2D eigenvalue weighted by Crippen LogP contribution is -2.29. The molecule has 0 radical (unpaired) electrons. The van der Waals surface area contributed by atoms with Crippen LogP contribution in [0.3, 0.4) is 0 Å². The molecule has 2 aromatic rings. The Balaban J connectivity index is 1.94. The second-order valence-corrected chi connectivity index (χ2v) is 5.01. The van der Waals surface area contributed by atoms with Gasteiger partial charge in [-0.15, -0.1) is 0 Å². The van der Waals surface area contributed by atoms with Crippen molar-refractivity contribution in [2.75, 3.05) is 43.9 Å². The highest BCUT2D eigenvalue weighted by Gasteiger charge is 2.15. The number of nitrogens with zero attached hydrogens (tertiary/aromatic N) is 3. The highest BCUT2D eigenvalue weighted by molar-refractivity contribution is 5.88. The van der Waals surface area contributed by atoms with Crippen molar-refractivity contribution in [3.63, 3.8) is 0 Å². The van der Waals surface area contributed by atoms with Gasteiger partial charge in [0.15, 0.2) is 0 Å². The van der Waals surface area contributed by atoms with Crippen LogP contribution in [0.1, 0.15) is 6.42 Å². The van der Waals surface area contributed by atoms with Crippen molar-refractivity contribution in [3.8, 4) is 0 Å². The quantitative estimate of drug-likeness (QED) is 0.743. The van der Waals surface area contributed by atoms with Crippen LogP contribution in [0.2, 0.25) is 0 Å². The largest absolute Gasteiger partial charge is 0.397 e. The van der Waals surface area contributed by atoms with Crippen molar-refractivity contribution >= 4 is 22.3 Å². The molecular formula is C13H19N5. The van der Waals surface area contributed by atoms with Crippen LogP contribution >= 0.6 is 0 Å². The van der Waals surface area contributed by atoms with Gasteiger partial charge in [-0.05, 0) is 32.1 Å². The van der Waals surface area contributed by atoms with E-state index in [1.54, 1.807) is 0 Å². The fraction of sp³-hybridized carbons (Fsp3) is 0.462. The minimum Gasteiger partial charge on any atom is -0.397 e. The van der Waals surface area contributed by atoms with Gasteiger partial charge in [0.05, 0.1) is 23.1 Å². The predicted octanol–water partition coefficient (Wildman–Crippen LogP) is 1.29. The monoisotopic (exact) mass is 245 g/mol. The first kappa shape index (κ1) is 11.3. The van der Waals surface area contributed by atoms with Crippen molar-refractivity contribution in [2.45, 2.75) is 6.42 Å². The van der Waals surface area contributed by atoms with Gasteiger partial charge >= 0.3 is 0 Å². The first-order chi connectivity index (χ1) is 8.74. The molecule has 1 aromatic carbocycles. The second-order valence-electron chi connectivity index (χ2n) is 5.01. The van der Waals surface area contributed by atoms with E-state index in [9.17, 15) is 0 Å². The van der Waals surface area contributed by atoms with Crippen LogP contribution in [-0.4, -0.2) is 48.3 Å². The van der Waals surface area contributed by atoms with E-state index in [4.69, 9.17) is 5.73 Å². The molecule has 2 heterocycles. The number of fused-ring (bicyclic) bond motifs is 1. The van der Waals surface area contributed by atoms with E-state index in [0.717, 1.165) is 48.5 Å². The molecular weight excluding hydrogens is 226 g/mol. The van der Waals surface area contributed by atoms with Crippen molar-refractivity contribution in [3.05, 3.63) is 18.3 Å². The fourth-order valence-corrected chi connectivity index (χ4v) is 2.56. The van der Waals surface area contributed by atoms with Crippen LogP contribution < -0.4 is 10.6 Å². The zero-order valence-corrected chi connectivity index (χ0v) is 10.7. The minimum atomic E-state index is 0.841. The van der Waals surface area contributed by atoms with Crippen molar-refractivity contribution < 1.29 is 0 Å². The van der Waals surface area contributed by atoms with E-state index in [0.29, 0.717) is 0 Å². The van der Waals surface area contributed by atoms with E-state index >= 15 is 0 Å². The molecule has 3 N–H and O–H groups in total. The molecule has 1 aliphatic heterocycles. The number of nitrogens with one attached hydrogen (secondary N) is 1. The maximum atomic E-state index is 6.17. The third-order valence-electron chi connectivity index (χ3n) is 3.65. The molecule has 1 aliphatic rings. The molecule has 18 heavy (non-hydrogen) atoms. The van der Waals surface area contributed by atoms with Crippen molar-refractivity contribution in [2.24, 2.45) is 0 Å². The molecule has 0 amide bonds. The van der Waals surface area contributed by atoms with Gasteiger partial charge in [0.1, 0.15) is 0 Å². The lowest BCUT2D eigenvalue weighted by Gasteiger charge is -2.24. The molecule has 96 valence electrons. The van der Waals surface area contributed by atoms with E-state index in [-0.39, 0.29) is 0 Å². The number of anilines is 2. The summed E-state index contributed by atoms with van der Waals surface area (Å²) < 4.78 is 0. The standard InChI is InChI=1S/C13H19N5/c1-17-3-2-4-18(6-5-17)13-8-12-10(7-11(13)14)9-15-16-12/h7-9H,2-6,14H2,1H3,(H,15,16). The normalized spacial score (nSPS) is 18.2. The summed E-state index contributed by atoms with van der Waals surface area (Å²) in [5, 5.41) is 8.13. The van der Waals surface area contributed by atoms with Crippen LogP contribution in [0.25, 0.3) is 10.9 Å². The van der Waals surface area contributed by atoms with E-state index in [2.05, 4.69) is 33.1 Å². The Hall–Kier alpha value is -1.75. The van der Waals surface area contributed by atoms with Crippen LogP contribution in [0.5, 0.6) is 0 Å². The topological polar surface area (TPSA) is 61.2 Å². The van der Waals surface area contributed by atoms with Crippen LogP contribution in [0.15, 0.2) is 18.3 Å². The van der Waals surface area contributed by atoms with Gasteiger partial charge in [-0.3, -0.25) is 5.10 Å². The Morgan fingerprint density at radius 2 is 2.11 bits per heavy atom. The molecule has 5 heteroatoms. The second kappa shape index (κ2) is 4.49. The number of nitrogens with two attached hydrogens (primary N) is 1. The zero-order valence-electron chi connectivity index (χ0n) is 10.7. The van der Waals surface area contributed by atoms with Gasteiger partial charge in [0.25, 0.3) is 0 Å². The minimum absolute atomic E-state index is 0.841.